The van der Waals surface area contributed by atoms with Gasteiger partial charge in [0.15, 0.2) is 0 Å². The van der Waals surface area contributed by atoms with E-state index in [2.05, 4.69) is 0 Å². The first kappa shape index (κ1) is 15.2. The first-order chi connectivity index (χ1) is 8.17. The Labute approximate surface area is 103 Å². The molecule has 0 aromatic rings. The van der Waals surface area contributed by atoms with Crippen LogP contribution in [0.3, 0.4) is 0 Å². The molecule has 0 aromatic heterocycles. The third-order valence-electron chi connectivity index (χ3n) is 2.69. The molecule has 1 heterocycles. The highest BCUT2D eigenvalue weighted by molar-refractivity contribution is 7.89. The van der Waals surface area contributed by atoms with Gasteiger partial charge in [0.2, 0.25) is 15.9 Å². The van der Waals surface area contributed by atoms with Crippen LogP contribution in [-0.4, -0.2) is 49.7 Å². The summed E-state index contributed by atoms with van der Waals surface area (Å²) < 4.78 is 60.1. The molecule has 1 amide bonds. The van der Waals surface area contributed by atoms with E-state index in [9.17, 15) is 26.4 Å². The van der Waals surface area contributed by atoms with Crippen LogP contribution in [0.4, 0.5) is 13.2 Å². The number of nitrogens with one attached hydrogen (secondary N) is 1. The highest BCUT2D eigenvalue weighted by atomic mass is 32.2. The maximum atomic E-state index is 12.0. The first-order valence-electron chi connectivity index (χ1n) is 5.51. The number of nitrogens with zero attached hydrogens (tertiary/aromatic N) is 1. The van der Waals surface area contributed by atoms with Crippen molar-refractivity contribution in [1.29, 1.82) is 0 Å². The number of alkyl halides is 3. The fourth-order valence-corrected chi connectivity index (χ4v) is 3.13. The molecule has 1 fully saturated rings. The Balaban J connectivity index is 2.68. The van der Waals surface area contributed by atoms with Crippen LogP contribution in [0.2, 0.25) is 0 Å². The van der Waals surface area contributed by atoms with Crippen molar-refractivity contribution in [3.63, 3.8) is 0 Å². The van der Waals surface area contributed by atoms with E-state index in [1.54, 1.807) is 5.32 Å². The van der Waals surface area contributed by atoms with Gasteiger partial charge in [0.05, 0.1) is 5.75 Å². The van der Waals surface area contributed by atoms with Crippen molar-refractivity contribution in [1.82, 2.24) is 9.62 Å². The van der Waals surface area contributed by atoms with Crippen LogP contribution in [0.15, 0.2) is 0 Å². The third-order valence-corrected chi connectivity index (χ3v) is 4.57. The van der Waals surface area contributed by atoms with E-state index in [4.69, 9.17) is 0 Å². The molecule has 9 heteroatoms. The van der Waals surface area contributed by atoms with Gasteiger partial charge in [-0.15, -0.1) is 0 Å². The normalized spacial score (nSPS) is 22.1. The van der Waals surface area contributed by atoms with Crippen LogP contribution in [0.25, 0.3) is 0 Å². The van der Waals surface area contributed by atoms with Crippen LogP contribution in [0.5, 0.6) is 0 Å². The topological polar surface area (TPSA) is 66.5 Å². The number of rotatable bonds is 4. The van der Waals surface area contributed by atoms with Gasteiger partial charge in [0.25, 0.3) is 0 Å². The minimum atomic E-state index is -4.50. The van der Waals surface area contributed by atoms with Crippen LogP contribution in [0.1, 0.15) is 19.8 Å². The fourth-order valence-electron chi connectivity index (χ4n) is 1.81. The summed E-state index contributed by atoms with van der Waals surface area (Å²) in [7, 11) is -3.55. The van der Waals surface area contributed by atoms with Crippen molar-refractivity contribution in [2.24, 2.45) is 0 Å². The zero-order valence-corrected chi connectivity index (χ0v) is 10.6. The molecule has 0 radical (unpaired) electrons. The van der Waals surface area contributed by atoms with Crippen molar-refractivity contribution in [3.8, 4) is 0 Å². The number of hydrogen-bond acceptors (Lipinski definition) is 3. The number of carbonyl (C=O) groups excluding carboxylic acids is 1. The number of amides is 1. The van der Waals surface area contributed by atoms with E-state index in [1.807, 2.05) is 0 Å². The van der Waals surface area contributed by atoms with Crippen LogP contribution >= 0.6 is 0 Å². The van der Waals surface area contributed by atoms with Crippen LogP contribution in [0, 0.1) is 0 Å². The zero-order valence-electron chi connectivity index (χ0n) is 9.83. The largest absolute Gasteiger partial charge is 0.405 e. The average Bonchev–Trinajstić information content (AvgIpc) is 2.74. The van der Waals surface area contributed by atoms with Crippen molar-refractivity contribution in [2.45, 2.75) is 32.0 Å². The molecule has 0 aliphatic carbocycles. The summed E-state index contributed by atoms with van der Waals surface area (Å²) in [6.45, 7) is 0.168. The van der Waals surface area contributed by atoms with E-state index < -0.39 is 34.7 Å². The van der Waals surface area contributed by atoms with Crippen molar-refractivity contribution < 1.29 is 26.4 Å². The van der Waals surface area contributed by atoms with Gasteiger partial charge in [-0.25, -0.2) is 8.42 Å². The molecule has 106 valence electrons. The summed E-state index contributed by atoms with van der Waals surface area (Å²) in [5.74, 6) is -1.06. The lowest BCUT2D eigenvalue weighted by Crippen LogP contribution is -2.48. The lowest BCUT2D eigenvalue weighted by molar-refractivity contribution is -0.140. The molecule has 0 bridgehead atoms. The summed E-state index contributed by atoms with van der Waals surface area (Å²) in [6.07, 6.45) is -3.77. The number of hydrogen-bond donors (Lipinski definition) is 1. The predicted octanol–water partition coefficient (Wildman–Crippen LogP) is 0.479. The summed E-state index contributed by atoms with van der Waals surface area (Å²) in [6, 6.07) is -1.02. The highest BCUT2D eigenvalue weighted by Gasteiger charge is 2.38. The first-order valence-corrected chi connectivity index (χ1v) is 7.12. The quantitative estimate of drug-likeness (QED) is 0.818. The zero-order chi connectivity index (χ0) is 14.0. The Bertz CT molecular complexity index is 408. The van der Waals surface area contributed by atoms with Gasteiger partial charge in [-0.05, 0) is 19.8 Å². The van der Waals surface area contributed by atoms with Crippen molar-refractivity contribution in [2.75, 3.05) is 18.8 Å². The Kier molecular flexibility index (Phi) is 4.60. The van der Waals surface area contributed by atoms with Gasteiger partial charge in [0, 0.05) is 6.54 Å². The highest BCUT2D eigenvalue weighted by Crippen LogP contribution is 2.22. The Morgan fingerprint density at radius 2 is 2.06 bits per heavy atom. The second kappa shape index (κ2) is 5.43. The van der Waals surface area contributed by atoms with E-state index in [1.165, 1.54) is 6.92 Å². The third kappa shape index (κ3) is 3.84. The van der Waals surface area contributed by atoms with E-state index in [0.717, 1.165) is 4.31 Å². The molecule has 0 saturated carbocycles. The minimum Gasteiger partial charge on any atom is -0.346 e. The van der Waals surface area contributed by atoms with Gasteiger partial charge in [-0.2, -0.15) is 17.5 Å². The molecule has 0 aromatic carbocycles. The number of sulfonamides is 1. The Morgan fingerprint density at radius 3 is 2.56 bits per heavy atom. The standard InChI is InChI=1S/C9H15F3N2O3S/c1-2-18(16,17)14-5-3-4-7(14)8(15)13-6-9(10,11)12/h7H,2-6H2,1H3,(H,13,15)/t7-/m1/s1. The molecular formula is C9H15F3N2O3S. The lowest BCUT2D eigenvalue weighted by Gasteiger charge is -2.22. The number of carbonyl (C=O) groups is 1. The van der Waals surface area contributed by atoms with Crippen molar-refractivity contribution in [3.05, 3.63) is 0 Å². The SMILES string of the molecule is CCS(=O)(=O)N1CCC[C@@H]1C(=O)NCC(F)(F)F. The van der Waals surface area contributed by atoms with Crippen LogP contribution in [-0.2, 0) is 14.8 Å². The monoisotopic (exact) mass is 288 g/mol. The molecule has 1 saturated heterocycles. The van der Waals surface area contributed by atoms with E-state index in [-0.39, 0.29) is 18.7 Å². The van der Waals surface area contributed by atoms with Crippen LogP contribution < -0.4 is 5.32 Å². The Morgan fingerprint density at radius 1 is 1.44 bits per heavy atom. The Hall–Kier alpha value is -0.830. The molecule has 0 spiro atoms. The fraction of sp³-hybridized carbons (Fsp3) is 0.889. The molecule has 1 rings (SSSR count). The predicted molar refractivity (Wildman–Crippen MR) is 58.3 cm³/mol. The van der Waals surface area contributed by atoms with Gasteiger partial charge in [-0.3, -0.25) is 4.79 Å². The minimum absolute atomic E-state index is 0.171. The lowest BCUT2D eigenvalue weighted by atomic mass is 10.2. The molecule has 1 N–H and O–H groups in total. The molecule has 0 unspecified atom stereocenters. The summed E-state index contributed by atoms with van der Waals surface area (Å²) in [5.41, 5.74) is 0. The van der Waals surface area contributed by atoms with Gasteiger partial charge in [-0.1, -0.05) is 0 Å². The maximum Gasteiger partial charge on any atom is 0.405 e. The summed E-state index contributed by atoms with van der Waals surface area (Å²) >= 11 is 0. The summed E-state index contributed by atoms with van der Waals surface area (Å²) in [4.78, 5) is 11.5. The molecular weight excluding hydrogens is 273 g/mol. The summed E-state index contributed by atoms with van der Waals surface area (Å²) in [5, 5.41) is 1.72. The molecule has 1 atom stereocenters. The molecule has 1 aliphatic heterocycles. The second-order valence-electron chi connectivity index (χ2n) is 4.00. The molecule has 5 nitrogen and oxygen atoms in total. The van der Waals surface area contributed by atoms with Crippen molar-refractivity contribution >= 4 is 15.9 Å². The smallest absolute Gasteiger partial charge is 0.346 e. The van der Waals surface area contributed by atoms with E-state index >= 15 is 0 Å². The molecule has 1 aliphatic rings. The van der Waals surface area contributed by atoms with Gasteiger partial charge in [0.1, 0.15) is 12.6 Å². The van der Waals surface area contributed by atoms with Gasteiger partial charge >= 0.3 is 6.18 Å². The van der Waals surface area contributed by atoms with Gasteiger partial charge < -0.3 is 5.32 Å². The van der Waals surface area contributed by atoms with E-state index in [0.29, 0.717) is 6.42 Å². The average molecular weight is 288 g/mol. The second-order valence-corrected chi connectivity index (χ2v) is 6.21. The maximum absolute atomic E-state index is 12.0. The number of halogens is 3. The molecule has 18 heavy (non-hydrogen) atoms.